The second-order valence-corrected chi connectivity index (χ2v) is 8.29. The van der Waals surface area contributed by atoms with Crippen LogP contribution >= 0.6 is 0 Å². The first kappa shape index (κ1) is 15.7. The highest BCUT2D eigenvalue weighted by Gasteiger charge is 2.36. The molecule has 0 N–H and O–H groups in total. The molecule has 0 spiro atoms. The van der Waals surface area contributed by atoms with Crippen LogP contribution in [0.4, 0.5) is 0 Å². The van der Waals surface area contributed by atoms with Gasteiger partial charge in [-0.2, -0.15) is 4.31 Å². The quantitative estimate of drug-likeness (QED) is 0.846. The van der Waals surface area contributed by atoms with Crippen molar-refractivity contribution in [2.75, 3.05) is 13.1 Å². The average molecular weight is 325 g/mol. The van der Waals surface area contributed by atoms with Crippen LogP contribution in [0.15, 0.2) is 18.5 Å². The first-order valence-corrected chi connectivity index (χ1v) is 9.59. The van der Waals surface area contributed by atoms with Crippen LogP contribution in [0.3, 0.4) is 0 Å². The summed E-state index contributed by atoms with van der Waals surface area (Å²) >= 11 is 0. The summed E-state index contributed by atoms with van der Waals surface area (Å²) in [5.74, 6) is 0. The predicted molar refractivity (Wildman–Crippen MR) is 83.0 cm³/mol. The molecule has 2 aliphatic rings. The zero-order chi connectivity index (χ0) is 15.4. The van der Waals surface area contributed by atoms with E-state index in [2.05, 4.69) is 9.97 Å². The van der Waals surface area contributed by atoms with E-state index in [0.29, 0.717) is 19.1 Å². The highest BCUT2D eigenvalue weighted by atomic mass is 32.2. The molecule has 7 heteroatoms. The number of rotatable bonds is 4. The molecule has 1 aliphatic heterocycles. The molecule has 1 saturated carbocycles. The molecule has 1 aromatic rings. The van der Waals surface area contributed by atoms with Gasteiger partial charge >= 0.3 is 6.01 Å². The van der Waals surface area contributed by atoms with Gasteiger partial charge in [0.15, 0.2) is 0 Å². The third-order valence-corrected chi connectivity index (χ3v) is 6.85. The van der Waals surface area contributed by atoms with Crippen molar-refractivity contribution < 1.29 is 13.2 Å². The molecule has 1 atom stereocenters. The summed E-state index contributed by atoms with van der Waals surface area (Å²) in [7, 11) is -3.20. The van der Waals surface area contributed by atoms with Gasteiger partial charge in [0.25, 0.3) is 0 Å². The van der Waals surface area contributed by atoms with Crippen molar-refractivity contribution in [3.8, 4) is 6.01 Å². The molecule has 0 radical (unpaired) electrons. The van der Waals surface area contributed by atoms with Gasteiger partial charge in [-0.1, -0.05) is 19.3 Å². The summed E-state index contributed by atoms with van der Waals surface area (Å²) in [6, 6.07) is 2.05. The van der Waals surface area contributed by atoms with Gasteiger partial charge in [0.05, 0.1) is 11.8 Å². The van der Waals surface area contributed by atoms with Gasteiger partial charge in [-0.15, -0.1) is 0 Å². The minimum atomic E-state index is -3.20. The molecule has 1 aromatic heterocycles. The number of hydrogen-bond acceptors (Lipinski definition) is 5. The van der Waals surface area contributed by atoms with E-state index in [4.69, 9.17) is 4.74 Å². The van der Waals surface area contributed by atoms with Gasteiger partial charge in [0, 0.05) is 18.9 Å². The minimum absolute atomic E-state index is 0.158. The van der Waals surface area contributed by atoms with Gasteiger partial charge in [-0.3, -0.25) is 0 Å². The van der Waals surface area contributed by atoms with Crippen molar-refractivity contribution in [3.63, 3.8) is 0 Å². The molecule has 2 fully saturated rings. The Morgan fingerprint density at radius 1 is 1.05 bits per heavy atom. The lowest BCUT2D eigenvalue weighted by molar-refractivity contribution is 0.118. The molecule has 0 aromatic carbocycles. The fourth-order valence-corrected chi connectivity index (χ4v) is 5.41. The van der Waals surface area contributed by atoms with Crippen molar-refractivity contribution >= 4 is 10.0 Å². The molecule has 1 saturated heterocycles. The highest BCUT2D eigenvalue weighted by molar-refractivity contribution is 7.89. The minimum Gasteiger partial charge on any atom is -0.459 e. The van der Waals surface area contributed by atoms with Crippen molar-refractivity contribution in [2.24, 2.45) is 0 Å². The Labute approximate surface area is 132 Å². The fraction of sp³-hybridized carbons (Fsp3) is 0.733. The molecule has 6 nitrogen and oxygen atoms in total. The smallest absolute Gasteiger partial charge is 0.316 e. The average Bonchev–Trinajstić information content (AvgIpc) is 2.57. The predicted octanol–water partition coefficient (Wildman–Crippen LogP) is 1.98. The maximum atomic E-state index is 12.8. The molecule has 1 unspecified atom stereocenters. The Bertz CT molecular complexity index is 573. The molecule has 0 bridgehead atoms. The third-order valence-electron chi connectivity index (χ3n) is 4.49. The van der Waals surface area contributed by atoms with Crippen molar-refractivity contribution in [3.05, 3.63) is 18.5 Å². The van der Waals surface area contributed by atoms with Crippen molar-refractivity contribution in [1.29, 1.82) is 0 Å². The van der Waals surface area contributed by atoms with E-state index < -0.39 is 10.0 Å². The van der Waals surface area contributed by atoms with E-state index in [1.807, 2.05) is 0 Å². The molecule has 0 amide bonds. The van der Waals surface area contributed by atoms with E-state index in [9.17, 15) is 8.42 Å². The fourth-order valence-electron chi connectivity index (χ4n) is 3.30. The maximum absolute atomic E-state index is 12.8. The van der Waals surface area contributed by atoms with Crippen LogP contribution in [0.1, 0.15) is 44.9 Å². The van der Waals surface area contributed by atoms with Gasteiger partial charge in [-0.05, 0) is 31.7 Å². The van der Waals surface area contributed by atoms with E-state index in [1.54, 1.807) is 22.8 Å². The molecular weight excluding hydrogens is 302 g/mol. The summed E-state index contributed by atoms with van der Waals surface area (Å²) in [6.45, 7) is 1.02. The van der Waals surface area contributed by atoms with Crippen LogP contribution in [0.2, 0.25) is 0 Å². The summed E-state index contributed by atoms with van der Waals surface area (Å²) in [5, 5.41) is -0.201. The van der Waals surface area contributed by atoms with Crippen LogP contribution in [0, 0.1) is 0 Å². The SMILES string of the molecule is O=S(=O)(C1CCCCC1)N1CCCC(Oc2ncccn2)C1. The van der Waals surface area contributed by atoms with E-state index in [1.165, 1.54) is 0 Å². The normalized spacial score (nSPS) is 25.0. The Balaban J connectivity index is 1.64. The molecular formula is C15H23N3O3S. The monoisotopic (exact) mass is 325 g/mol. The zero-order valence-corrected chi connectivity index (χ0v) is 13.5. The number of ether oxygens (including phenoxy) is 1. The Kier molecular flexibility index (Phi) is 4.93. The number of nitrogens with zero attached hydrogens (tertiary/aromatic N) is 3. The van der Waals surface area contributed by atoms with Crippen molar-refractivity contribution in [2.45, 2.75) is 56.3 Å². The van der Waals surface area contributed by atoms with E-state index >= 15 is 0 Å². The second kappa shape index (κ2) is 6.91. The Morgan fingerprint density at radius 3 is 2.50 bits per heavy atom. The molecule has 1 aliphatic carbocycles. The number of aromatic nitrogens is 2. The second-order valence-electron chi connectivity index (χ2n) is 6.08. The van der Waals surface area contributed by atoms with Crippen LogP contribution in [-0.2, 0) is 10.0 Å². The Hall–Kier alpha value is -1.21. The van der Waals surface area contributed by atoms with Crippen LogP contribution in [0.25, 0.3) is 0 Å². The molecule has 3 rings (SSSR count). The van der Waals surface area contributed by atoms with Gasteiger partial charge in [-0.25, -0.2) is 18.4 Å². The first-order valence-electron chi connectivity index (χ1n) is 8.09. The van der Waals surface area contributed by atoms with Gasteiger partial charge in [0.1, 0.15) is 6.10 Å². The highest BCUT2D eigenvalue weighted by Crippen LogP contribution is 2.28. The number of hydrogen-bond donors (Lipinski definition) is 0. The lowest BCUT2D eigenvalue weighted by Gasteiger charge is -2.35. The Morgan fingerprint density at radius 2 is 1.77 bits per heavy atom. The number of piperidine rings is 1. The summed E-state index contributed by atoms with van der Waals surface area (Å²) < 4.78 is 32.9. The standard InChI is InChI=1S/C15H23N3O3S/c19-22(20,14-7-2-1-3-8-14)18-11-4-6-13(12-18)21-15-16-9-5-10-17-15/h5,9-10,13-14H,1-4,6-8,11-12H2. The van der Waals surface area contributed by atoms with Crippen molar-refractivity contribution in [1.82, 2.24) is 14.3 Å². The van der Waals surface area contributed by atoms with Gasteiger partial charge < -0.3 is 4.74 Å². The molecule has 122 valence electrons. The number of sulfonamides is 1. The summed E-state index contributed by atoms with van der Waals surface area (Å²) in [5.41, 5.74) is 0. The third kappa shape index (κ3) is 3.57. The van der Waals surface area contributed by atoms with E-state index in [0.717, 1.165) is 44.9 Å². The van der Waals surface area contributed by atoms with Crippen LogP contribution < -0.4 is 4.74 Å². The zero-order valence-electron chi connectivity index (χ0n) is 12.7. The maximum Gasteiger partial charge on any atom is 0.316 e. The molecule has 2 heterocycles. The first-order chi connectivity index (χ1) is 10.7. The molecule has 22 heavy (non-hydrogen) atoms. The van der Waals surface area contributed by atoms with Crippen LogP contribution in [0.5, 0.6) is 6.01 Å². The van der Waals surface area contributed by atoms with E-state index in [-0.39, 0.29) is 11.4 Å². The lowest BCUT2D eigenvalue weighted by atomic mass is 10.0. The topological polar surface area (TPSA) is 72.4 Å². The largest absolute Gasteiger partial charge is 0.459 e. The van der Waals surface area contributed by atoms with Crippen LogP contribution in [-0.4, -0.2) is 47.1 Å². The lowest BCUT2D eigenvalue weighted by Crippen LogP contribution is -2.48. The van der Waals surface area contributed by atoms with Gasteiger partial charge in [0.2, 0.25) is 10.0 Å². The summed E-state index contributed by atoms with van der Waals surface area (Å²) in [6.07, 6.45) is 9.56. The summed E-state index contributed by atoms with van der Waals surface area (Å²) in [4.78, 5) is 8.10.